The molecule has 3 rings (SSSR count). The van der Waals surface area contributed by atoms with Crippen LogP contribution in [0.2, 0.25) is 0 Å². The summed E-state index contributed by atoms with van der Waals surface area (Å²) in [6.07, 6.45) is 7.54. The molecule has 0 bridgehead atoms. The molecular weight excluding hydrogens is 222 g/mol. The quantitative estimate of drug-likeness (QED) is 0.741. The molecule has 2 aromatic rings. The van der Waals surface area contributed by atoms with E-state index in [0.29, 0.717) is 5.78 Å². The number of pyridine rings is 1. The van der Waals surface area contributed by atoms with Gasteiger partial charge in [-0.25, -0.2) is 0 Å². The van der Waals surface area contributed by atoms with Crippen LogP contribution < -0.4 is 0 Å². The number of nitrogens with zero attached hydrogens (tertiary/aromatic N) is 1. The molecule has 1 aliphatic rings. The monoisotopic (exact) mass is 239 g/mol. The topological polar surface area (TPSA) is 30.0 Å². The van der Waals surface area contributed by atoms with E-state index in [9.17, 15) is 4.79 Å². The van der Waals surface area contributed by atoms with Crippen molar-refractivity contribution in [2.24, 2.45) is 5.92 Å². The number of rotatable bonds is 2. The summed E-state index contributed by atoms with van der Waals surface area (Å²) in [6, 6.07) is 9.75. The zero-order chi connectivity index (χ0) is 12.4. The van der Waals surface area contributed by atoms with E-state index >= 15 is 0 Å². The minimum Gasteiger partial charge on any atom is -0.294 e. The van der Waals surface area contributed by atoms with Crippen molar-refractivity contribution in [3.05, 3.63) is 42.1 Å². The Morgan fingerprint density at radius 2 is 1.89 bits per heavy atom. The highest BCUT2D eigenvalue weighted by Gasteiger charge is 2.23. The predicted octanol–water partition coefficient (Wildman–Crippen LogP) is 4.00. The summed E-state index contributed by atoms with van der Waals surface area (Å²) in [6.45, 7) is 0. The zero-order valence-corrected chi connectivity index (χ0v) is 10.4. The molecule has 0 aliphatic heterocycles. The number of hydrogen-bond acceptors (Lipinski definition) is 2. The number of Topliss-reactive ketones (excluding diaryl/α,β-unsaturated/α-hetero) is 1. The summed E-state index contributed by atoms with van der Waals surface area (Å²) in [5.41, 5.74) is 1.77. The van der Waals surface area contributed by atoms with Gasteiger partial charge in [0.2, 0.25) is 0 Å². The highest BCUT2D eigenvalue weighted by Crippen LogP contribution is 2.29. The molecule has 92 valence electrons. The van der Waals surface area contributed by atoms with E-state index in [1.54, 1.807) is 6.20 Å². The zero-order valence-electron chi connectivity index (χ0n) is 10.4. The number of aromatic nitrogens is 1. The van der Waals surface area contributed by atoms with Crippen LogP contribution in [0.25, 0.3) is 10.9 Å². The number of carbonyl (C=O) groups is 1. The molecule has 1 saturated carbocycles. The first kappa shape index (κ1) is 11.4. The van der Waals surface area contributed by atoms with E-state index in [-0.39, 0.29) is 5.92 Å². The Kier molecular flexibility index (Phi) is 3.09. The first-order valence-electron chi connectivity index (χ1n) is 6.74. The molecule has 1 aromatic carbocycles. The SMILES string of the molecule is O=C(c1cccc2ncccc12)C1CCCCC1. The first-order chi connectivity index (χ1) is 8.86. The summed E-state index contributed by atoms with van der Waals surface area (Å²) in [7, 11) is 0. The largest absolute Gasteiger partial charge is 0.294 e. The Morgan fingerprint density at radius 1 is 1.06 bits per heavy atom. The van der Waals surface area contributed by atoms with E-state index in [0.717, 1.165) is 29.3 Å². The lowest BCUT2D eigenvalue weighted by atomic mass is 9.83. The highest BCUT2D eigenvalue weighted by molar-refractivity contribution is 6.08. The van der Waals surface area contributed by atoms with Gasteiger partial charge in [-0.3, -0.25) is 9.78 Å². The molecule has 0 atom stereocenters. The van der Waals surface area contributed by atoms with Gasteiger partial charge < -0.3 is 0 Å². The van der Waals surface area contributed by atoms with Crippen molar-refractivity contribution in [1.82, 2.24) is 4.98 Å². The number of fused-ring (bicyclic) bond motifs is 1. The number of ketones is 1. The van der Waals surface area contributed by atoms with Crippen LogP contribution in [0.1, 0.15) is 42.5 Å². The van der Waals surface area contributed by atoms with E-state index in [1.165, 1.54) is 19.3 Å². The molecule has 1 heterocycles. The van der Waals surface area contributed by atoms with Crippen molar-refractivity contribution in [2.45, 2.75) is 32.1 Å². The predicted molar refractivity (Wildman–Crippen MR) is 72.6 cm³/mol. The van der Waals surface area contributed by atoms with Crippen molar-refractivity contribution in [1.29, 1.82) is 0 Å². The van der Waals surface area contributed by atoms with Crippen LogP contribution in [0.15, 0.2) is 36.5 Å². The molecule has 0 spiro atoms. The van der Waals surface area contributed by atoms with Crippen molar-refractivity contribution in [3.8, 4) is 0 Å². The summed E-state index contributed by atoms with van der Waals surface area (Å²) in [5.74, 6) is 0.540. The van der Waals surface area contributed by atoms with Crippen LogP contribution in [-0.2, 0) is 0 Å². The van der Waals surface area contributed by atoms with Gasteiger partial charge in [0.15, 0.2) is 5.78 Å². The molecule has 0 N–H and O–H groups in total. The van der Waals surface area contributed by atoms with Crippen LogP contribution in [0.5, 0.6) is 0 Å². The number of carbonyl (C=O) groups excluding carboxylic acids is 1. The third kappa shape index (κ3) is 2.03. The molecule has 1 fully saturated rings. The van der Waals surface area contributed by atoms with Crippen molar-refractivity contribution < 1.29 is 4.79 Å². The van der Waals surface area contributed by atoms with Crippen molar-refractivity contribution in [2.75, 3.05) is 0 Å². The highest BCUT2D eigenvalue weighted by atomic mass is 16.1. The van der Waals surface area contributed by atoms with Gasteiger partial charge in [-0.1, -0.05) is 37.5 Å². The standard InChI is InChI=1S/C16H17NO/c18-16(12-6-2-1-3-7-12)14-8-4-10-15-13(14)9-5-11-17-15/h4-5,8-12H,1-3,6-7H2. The fourth-order valence-electron chi connectivity index (χ4n) is 2.90. The van der Waals surface area contributed by atoms with Crippen molar-refractivity contribution in [3.63, 3.8) is 0 Å². The smallest absolute Gasteiger partial charge is 0.166 e. The van der Waals surface area contributed by atoms with Gasteiger partial charge in [0.05, 0.1) is 5.52 Å². The molecule has 2 nitrogen and oxygen atoms in total. The second kappa shape index (κ2) is 4.89. The average Bonchev–Trinajstić information content (AvgIpc) is 2.47. The fourth-order valence-corrected chi connectivity index (χ4v) is 2.90. The second-order valence-electron chi connectivity index (χ2n) is 5.07. The van der Waals surface area contributed by atoms with E-state index in [1.807, 2.05) is 30.3 Å². The number of hydrogen-bond donors (Lipinski definition) is 0. The molecule has 0 radical (unpaired) electrons. The molecule has 1 aliphatic carbocycles. The van der Waals surface area contributed by atoms with Crippen LogP contribution in [-0.4, -0.2) is 10.8 Å². The lowest BCUT2D eigenvalue weighted by Gasteiger charge is -2.20. The van der Waals surface area contributed by atoms with Gasteiger partial charge >= 0.3 is 0 Å². The summed E-state index contributed by atoms with van der Waals surface area (Å²) in [4.78, 5) is 16.9. The number of benzene rings is 1. The van der Waals surface area contributed by atoms with Gasteiger partial charge in [-0.05, 0) is 25.0 Å². The lowest BCUT2D eigenvalue weighted by Crippen LogP contribution is -2.18. The summed E-state index contributed by atoms with van der Waals surface area (Å²) < 4.78 is 0. The Labute approximate surface area is 107 Å². The van der Waals surface area contributed by atoms with Gasteiger partial charge in [0, 0.05) is 23.1 Å². The molecule has 18 heavy (non-hydrogen) atoms. The Bertz CT molecular complexity index is 565. The van der Waals surface area contributed by atoms with Crippen LogP contribution >= 0.6 is 0 Å². The normalized spacial score (nSPS) is 16.9. The molecule has 0 saturated heterocycles. The molecular formula is C16H17NO. The maximum atomic E-state index is 12.6. The van der Waals surface area contributed by atoms with Gasteiger partial charge in [0.25, 0.3) is 0 Å². The Hall–Kier alpha value is -1.70. The van der Waals surface area contributed by atoms with E-state index in [4.69, 9.17) is 0 Å². The molecule has 2 heteroatoms. The molecule has 0 amide bonds. The molecule has 0 unspecified atom stereocenters. The summed E-state index contributed by atoms with van der Waals surface area (Å²) in [5, 5.41) is 0.996. The third-order valence-corrected chi connectivity index (χ3v) is 3.89. The van der Waals surface area contributed by atoms with Crippen LogP contribution in [0, 0.1) is 5.92 Å². The summed E-state index contributed by atoms with van der Waals surface area (Å²) >= 11 is 0. The van der Waals surface area contributed by atoms with Crippen molar-refractivity contribution >= 4 is 16.7 Å². The van der Waals surface area contributed by atoms with Gasteiger partial charge in [0.1, 0.15) is 0 Å². The van der Waals surface area contributed by atoms with Gasteiger partial charge in [-0.2, -0.15) is 0 Å². The lowest BCUT2D eigenvalue weighted by molar-refractivity contribution is 0.0891. The van der Waals surface area contributed by atoms with E-state index in [2.05, 4.69) is 4.98 Å². The van der Waals surface area contributed by atoms with Crippen LogP contribution in [0.3, 0.4) is 0 Å². The fraction of sp³-hybridized carbons (Fsp3) is 0.375. The Balaban J connectivity index is 2.00. The Morgan fingerprint density at radius 3 is 2.72 bits per heavy atom. The minimum atomic E-state index is 0.226. The maximum absolute atomic E-state index is 12.6. The van der Waals surface area contributed by atoms with Crippen LogP contribution in [0.4, 0.5) is 0 Å². The first-order valence-corrected chi connectivity index (χ1v) is 6.74. The second-order valence-corrected chi connectivity index (χ2v) is 5.07. The third-order valence-electron chi connectivity index (χ3n) is 3.89. The maximum Gasteiger partial charge on any atom is 0.166 e. The van der Waals surface area contributed by atoms with Gasteiger partial charge in [-0.15, -0.1) is 0 Å². The average molecular weight is 239 g/mol. The minimum absolute atomic E-state index is 0.226. The van der Waals surface area contributed by atoms with E-state index < -0.39 is 0 Å². The molecule has 1 aromatic heterocycles.